The van der Waals surface area contributed by atoms with E-state index in [2.05, 4.69) is 46.6 Å². The molecule has 3 atom stereocenters. The second-order valence-corrected chi connectivity index (χ2v) is 7.39. The van der Waals surface area contributed by atoms with Crippen LogP contribution in [-0.4, -0.2) is 48.5 Å². The van der Waals surface area contributed by atoms with Gasteiger partial charge in [-0.1, -0.05) is 27.2 Å². The molecule has 0 aromatic heterocycles. The fourth-order valence-electron chi connectivity index (χ4n) is 3.20. The summed E-state index contributed by atoms with van der Waals surface area (Å²) in [5.41, 5.74) is 0.383. The molecular weight excluding hydrogens is 250 g/mol. The van der Waals surface area contributed by atoms with Crippen molar-refractivity contribution in [1.29, 1.82) is 0 Å². The standard InChI is InChI=1S/C17H35NO2/c1-7-17(4,5)14-8-9-16(19)15(12-14)18(6)10-11-20-13(2)3/h13-16,19H,7-12H2,1-6H3. The first-order chi connectivity index (χ1) is 9.27. The van der Waals surface area contributed by atoms with Gasteiger partial charge in [0.25, 0.3) is 0 Å². The molecule has 0 bridgehead atoms. The highest BCUT2D eigenvalue weighted by Crippen LogP contribution is 2.41. The fourth-order valence-corrected chi connectivity index (χ4v) is 3.20. The zero-order valence-corrected chi connectivity index (χ0v) is 14.4. The van der Waals surface area contributed by atoms with E-state index in [4.69, 9.17) is 4.74 Å². The molecule has 0 radical (unpaired) electrons. The highest BCUT2D eigenvalue weighted by atomic mass is 16.5. The van der Waals surface area contributed by atoms with Crippen molar-refractivity contribution in [3.05, 3.63) is 0 Å². The molecule has 0 heterocycles. The number of likely N-dealkylation sites (N-methyl/N-ethyl adjacent to an activating group) is 1. The Bertz CT molecular complexity index is 278. The second-order valence-electron chi connectivity index (χ2n) is 7.39. The van der Waals surface area contributed by atoms with E-state index < -0.39 is 0 Å². The van der Waals surface area contributed by atoms with Crippen molar-refractivity contribution in [2.24, 2.45) is 11.3 Å². The minimum absolute atomic E-state index is 0.178. The summed E-state index contributed by atoms with van der Waals surface area (Å²) in [4.78, 5) is 2.30. The Morgan fingerprint density at radius 1 is 1.30 bits per heavy atom. The van der Waals surface area contributed by atoms with Gasteiger partial charge in [0.1, 0.15) is 0 Å². The van der Waals surface area contributed by atoms with Gasteiger partial charge in [0, 0.05) is 12.6 Å². The maximum atomic E-state index is 10.3. The van der Waals surface area contributed by atoms with Gasteiger partial charge in [-0.15, -0.1) is 0 Å². The lowest BCUT2D eigenvalue weighted by molar-refractivity contribution is -0.0242. The van der Waals surface area contributed by atoms with E-state index in [-0.39, 0.29) is 18.2 Å². The van der Waals surface area contributed by atoms with Crippen LogP contribution in [0, 0.1) is 11.3 Å². The van der Waals surface area contributed by atoms with Crippen LogP contribution in [0.3, 0.4) is 0 Å². The van der Waals surface area contributed by atoms with Gasteiger partial charge in [-0.2, -0.15) is 0 Å². The van der Waals surface area contributed by atoms with Crippen LogP contribution in [0.5, 0.6) is 0 Å². The SMILES string of the molecule is CCC(C)(C)C1CCC(O)C(N(C)CCOC(C)C)C1. The lowest BCUT2D eigenvalue weighted by atomic mass is 9.67. The molecule has 1 aliphatic rings. The summed E-state index contributed by atoms with van der Waals surface area (Å²) in [6.07, 6.45) is 4.53. The van der Waals surface area contributed by atoms with Gasteiger partial charge in [-0.3, -0.25) is 4.90 Å². The Morgan fingerprint density at radius 2 is 1.95 bits per heavy atom. The van der Waals surface area contributed by atoms with Crippen molar-refractivity contribution in [2.45, 2.75) is 78.6 Å². The van der Waals surface area contributed by atoms with Crippen molar-refractivity contribution < 1.29 is 9.84 Å². The number of aliphatic hydroxyl groups excluding tert-OH is 1. The normalized spacial score (nSPS) is 28.4. The number of rotatable bonds is 7. The van der Waals surface area contributed by atoms with Crippen molar-refractivity contribution >= 4 is 0 Å². The summed E-state index contributed by atoms with van der Waals surface area (Å²) in [7, 11) is 2.12. The van der Waals surface area contributed by atoms with Crippen LogP contribution in [0.15, 0.2) is 0 Å². The van der Waals surface area contributed by atoms with Crippen molar-refractivity contribution in [1.82, 2.24) is 4.90 Å². The Hall–Kier alpha value is -0.120. The minimum Gasteiger partial charge on any atom is -0.391 e. The summed E-state index contributed by atoms with van der Waals surface area (Å²) in [6.45, 7) is 12.8. The molecule has 3 heteroatoms. The van der Waals surface area contributed by atoms with E-state index in [0.717, 1.165) is 38.3 Å². The molecule has 20 heavy (non-hydrogen) atoms. The van der Waals surface area contributed by atoms with Crippen molar-refractivity contribution in [3.8, 4) is 0 Å². The first-order valence-electron chi connectivity index (χ1n) is 8.27. The Labute approximate surface area is 125 Å². The zero-order valence-electron chi connectivity index (χ0n) is 14.4. The van der Waals surface area contributed by atoms with E-state index in [1.807, 2.05) is 0 Å². The van der Waals surface area contributed by atoms with Crippen molar-refractivity contribution in [2.75, 3.05) is 20.2 Å². The van der Waals surface area contributed by atoms with Crippen LogP contribution in [0.2, 0.25) is 0 Å². The molecule has 3 unspecified atom stereocenters. The highest BCUT2D eigenvalue weighted by molar-refractivity contribution is 4.90. The molecule has 120 valence electrons. The average Bonchev–Trinajstić information content (AvgIpc) is 2.38. The Kier molecular flexibility index (Phi) is 6.96. The Morgan fingerprint density at radius 3 is 2.50 bits per heavy atom. The molecule has 0 aliphatic heterocycles. The average molecular weight is 285 g/mol. The molecular formula is C17H35NO2. The first-order valence-corrected chi connectivity index (χ1v) is 8.27. The van der Waals surface area contributed by atoms with Crippen LogP contribution in [-0.2, 0) is 4.74 Å². The third-order valence-electron chi connectivity index (χ3n) is 5.26. The molecule has 1 saturated carbocycles. The second kappa shape index (κ2) is 7.77. The Balaban J connectivity index is 2.53. The van der Waals surface area contributed by atoms with Crippen LogP contribution in [0.25, 0.3) is 0 Å². The van der Waals surface area contributed by atoms with Gasteiger partial charge in [-0.25, -0.2) is 0 Å². The van der Waals surface area contributed by atoms with Gasteiger partial charge in [0.15, 0.2) is 0 Å². The van der Waals surface area contributed by atoms with E-state index in [9.17, 15) is 5.11 Å². The van der Waals surface area contributed by atoms with Gasteiger partial charge in [-0.05, 0) is 51.5 Å². The zero-order chi connectivity index (χ0) is 15.3. The monoisotopic (exact) mass is 285 g/mol. The van der Waals surface area contributed by atoms with Gasteiger partial charge < -0.3 is 9.84 Å². The third-order valence-corrected chi connectivity index (χ3v) is 5.26. The van der Waals surface area contributed by atoms with Gasteiger partial charge in [0.2, 0.25) is 0 Å². The van der Waals surface area contributed by atoms with Crippen LogP contribution < -0.4 is 0 Å². The van der Waals surface area contributed by atoms with E-state index in [1.165, 1.54) is 6.42 Å². The molecule has 0 aromatic carbocycles. The molecule has 0 spiro atoms. The highest BCUT2D eigenvalue weighted by Gasteiger charge is 2.37. The van der Waals surface area contributed by atoms with Crippen LogP contribution >= 0.6 is 0 Å². The summed E-state index contributed by atoms with van der Waals surface area (Å²) in [5.74, 6) is 0.717. The minimum atomic E-state index is -0.178. The van der Waals surface area contributed by atoms with Gasteiger partial charge >= 0.3 is 0 Å². The quantitative estimate of drug-likeness (QED) is 0.779. The predicted octanol–water partition coefficient (Wildman–Crippen LogP) is 3.31. The van der Waals surface area contributed by atoms with Crippen LogP contribution in [0.4, 0.5) is 0 Å². The molecule has 1 N–H and O–H groups in total. The van der Waals surface area contributed by atoms with E-state index >= 15 is 0 Å². The van der Waals surface area contributed by atoms with E-state index in [0.29, 0.717) is 5.41 Å². The number of hydrogen-bond donors (Lipinski definition) is 1. The molecule has 1 rings (SSSR count). The first kappa shape index (κ1) is 17.9. The van der Waals surface area contributed by atoms with Gasteiger partial charge in [0.05, 0.1) is 18.8 Å². The largest absolute Gasteiger partial charge is 0.391 e. The number of aliphatic hydroxyl groups is 1. The number of ether oxygens (including phenoxy) is 1. The molecule has 0 amide bonds. The summed E-state index contributed by atoms with van der Waals surface area (Å²) < 4.78 is 5.63. The number of hydrogen-bond acceptors (Lipinski definition) is 3. The lowest BCUT2D eigenvalue weighted by Crippen LogP contribution is -2.48. The molecule has 3 nitrogen and oxygen atoms in total. The smallest absolute Gasteiger partial charge is 0.0695 e. The topological polar surface area (TPSA) is 32.7 Å². The number of nitrogens with zero attached hydrogens (tertiary/aromatic N) is 1. The molecule has 0 saturated heterocycles. The summed E-state index contributed by atoms with van der Waals surface area (Å²) in [5, 5.41) is 10.3. The predicted molar refractivity (Wildman–Crippen MR) is 84.9 cm³/mol. The lowest BCUT2D eigenvalue weighted by Gasteiger charge is -2.44. The van der Waals surface area contributed by atoms with Crippen LogP contribution in [0.1, 0.15) is 60.3 Å². The van der Waals surface area contributed by atoms with E-state index in [1.54, 1.807) is 0 Å². The fraction of sp³-hybridized carbons (Fsp3) is 1.00. The third kappa shape index (κ3) is 5.01. The van der Waals surface area contributed by atoms with Crippen molar-refractivity contribution in [3.63, 3.8) is 0 Å². The maximum absolute atomic E-state index is 10.3. The maximum Gasteiger partial charge on any atom is 0.0695 e. The summed E-state index contributed by atoms with van der Waals surface area (Å²) >= 11 is 0. The molecule has 0 aromatic rings. The summed E-state index contributed by atoms with van der Waals surface area (Å²) in [6, 6.07) is 0.287. The molecule has 1 aliphatic carbocycles. The molecule has 1 fully saturated rings.